The van der Waals surface area contributed by atoms with Crippen molar-refractivity contribution in [3.05, 3.63) is 36.0 Å². The van der Waals surface area contributed by atoms with Gasteiger partial charge in [0.25, 0.3) is 0 Å². The third-order valence-electron chi connectivity index (χ3n) is 4.37. The predicted molar refractivity (Wildman–Crippen MR) is 81.4 cm³/mol. The standard InChI is InChI=1S/C17H24N2/c1-2-3-11-19-12-5-4-6-17(19)15-7-8-16-14(13-15)9-10-18-16/h7-10,13,17-18H,2-6,11-12H2,1H3. The molecule has 0 spiro atoms. The average Bonchev–Trinajstić information content (AvgIpc) is 2.92. The Morgan fingerprint density at radius 3 is 3.11 bits per heavy atom. The number of piperidine rings is 1. The normalized spacial score (nSPS) is 21.0. The molecule has 2 heteroatoms. The van der Waals surface area contributed by atoms with Gasteiger partial charge in [-0.15, -0.1) is 0 Å². The van der Waals surface area contributed by atoms with Crippen LogP contribution in [0.3, 0.4) is 0 Å². The molecule has 0 bridgehead atoms. The molecule has 1 saturated heterocycles. The second kappa shape index (κ2) is 5.79. The molecule has 2 aromatic rings. The van der Waals surface area contributed by atoms with Crippen LogP contribution >= 0.6 is 0 Å². The third kappa shape index (κ3) is 2.69. The monoisotopic (exact) mass is 256 g/mol. The molecule has 19 heavy (non-hydrogen) atoms. The maximum absolute atomic E-state index is 3.28. The number of nitrogens with zero attached hydrogens (tertiary/aromatic N) is 1. The van der Waals surface area contributed by atoms with Crippen LogP contribution in [0.15, 0.2) is 30.5 Å². The summed E-state index contributed by atoms with van der Waals surface area (Å²) in [6.45, 7) is 4.81. The lowest BCUT2D eigenvalue weighted by molar-refractivity contribution is 0.147. The minimum Gasteiger partial charge on any atom is -0.361 e. The highest BCUT2D eigenvalue weighted by Gasteiger charge is 2.23. The summed E-state index contributed by atoms with van der Waals surface area (Å²) in [5.41, 5.74) is 2.75. The predicted octanol–water partition coefficient (Wildman–Crippen LogP) is 4.50. The minimum atomic E-state index is 0.639. The van der Waals surface area contributed by atoms with Gasteiger partial charge in [-0.1, -0.05) is 25.8 Å². The summed E-state index contributed by atoms with van der Waals surface area (Å²) < 4.78 is 0. The molecule has 1 fully saturated rings. The Labute approximate surface area is 115 Å². The molecule has 1 unspecified atom stereocenters. The molecule has 1 aromatic heterocycles. The lowest BCUT2D eigenvalue weighted by atomic mass is 9.94. The van der Waals surface area contributed by atoms with Crippen molar-refractivity contribution in [1.82, 2.24) is 9.88 Å². The lowest BCUT2D eigenvalue weighted by Crippen LogP contribution is -2.34. The SMILES string of the molecule is CCCCN1CCCCC1c1ccc2[nH]ccc2c1. The number of nitrogens with one attached hydrogen (secondary N) is 1. The fourth-order valence-corrected chi connectivity index (χ4v) is 3.28. The van der Waals surface area contributed by atoms with Crippen molar-refractivity contribution in [3.63, 3.8) is 0 Å². The molecule has 2 nitrogen and oxygen atoms in total. The number of H-pyrrole nitrogens is 1. The summed E-state index contributed by atoms with van der Waals surface area (Å²) in [6.07, 6.45) is 8.71. The van der Waals surface area contributed by atoms with Crippen molar-refractivity contribution in [2.75, 3.05) is 13.1 Å². The Bertz CT molecular complexity index is 529. The van der Waals surface area contributed by atoms with E-state index >= 15 is 0 Å². The van der Waals surface area contributed by atoms with Crippen LogP contribution in [0, 0.1) is 0 Å². The van der Waals surface area contributed by atoms with Crippen molar-refractivity contribution >= 4 is 10.9 Å². The van der Waals surface area contributed by atoms with E-state index in [-0.39, 0.29) is 0 Å². The zero-order valence-electron chi connectivity index (χ0n) is 11.9. The first kappa shape index (κ1) is 12.7. The number of likely N-dealkylation sites (tertiary alicyclic amines) is 1. The zero-order valence-corrected chi connectivity index (χ0v) is 11.9. The van der Waals surface area contributed by atoms with E-state index in [0.717, 1.165) is 0 Å². The van der Waals surface area contributed by atoms with Gasteiger partial charge in [0.05, 0.1) is 0 Å². The first-order chi connectivity index (χ1) is 9.38. The van der Waals surface area contributed by atoms with Crippen LogP contribution in [0.25, 0.3) is 10.9 Å². The maximum Gasteiger partial charge on any atom is 0.0454 e. The van der Waals surface area contributed by atoms with Crippen LogP contribution in [-0.4, -0.2) is 23.0 Å². The molecule has 102 valence electrons. The second-order valence-corrected chi connectivity index (χ2v) is 5.73. The van der Waals surface area contributed by atoms with E-state index in [0.29, 0.717) is 6.04 Å². The number of benzene rings is 1. The van der Waals surface area contributed by atoms with Gasteiger partial charge in [-0.05, 0) is 61.5 Å². The quantitative estimate of drug-likeness (QED) is 0.853. The fourth-order valence-electron chi connectivity index (χ4n) is 3.28. The highest BCUT2D eigenvalue weighted by atomic mass is 15.2. The second-order valence-electron chi connectivity index (χ2n) is 5.73. The van der Waals surface area contributed by atoms with Gasteiger partial charge in [-0.3, -0.25) is 4.90 Å². The van der Waals surface area contributed by atoms with Crippen molar-refractivity contribution in [3.8, 4) is 0 Å². The van der Waals surface area contributed by atoms with E-state index in [1.807, 2.05) is 6.20 Å². The number of hydrogen-bond acceptors (Lipinski definition) is 1. The molecule has 0 radical (unpaired) electrons. The van der Waals surface area contributed by atoms with Gasteiger partial charge in [0.15, 0.2) is 0 Å². The number of unbranched alkanes of at least 4 members (excludes halogenated alkanes) is 1. The van der Waals surface area contributed by atoms with Gasteiger partial charge in [-0.2, -0.15) is 0 Å². The highest BCUT2D eigenvalue weighted by molar-refractivity contribution is 5.80. The number of hydrogen-bond donors (Lipinski definition) is 1. The van der Waals surface area contributed by atoms with E-state index in [9.17, 15) is 0 Å². The lowest BCUT2D eigenvalue weighted by Gasteiger charge is -2.36. The van der Waals surface area contributed by atoms with Crippen LogP contribution < -0.4 is 0 Å². The summed E-state index contributed by atoms with van der Waals surface area (Å²) in [4.78, 5) is 5.98. The summed E-state index contributed by atoms with van der Waals surface area (Å²) >= 11 is 0. The molecule has 0 aliphatic carbocycles. The van der Waals surface area contributed by atoms with E-state index < -0.39 is 0 Å². The Kier molecular flexibility index (Phi) is 3.88. The van der Waals surface area contributed by atoms with Crippen molar-refractivity contribution < 1.29 is 0 Å². The van der Waals surface area contributed by atoms with E-state index in [1.165, 1.54) is 61.7 Å². The molecule has 1 N–H and O–H groups in total. The fraction of sp³-hybridized carbons (Fsp3) is 0.529. The Balaban J connectivity index is 1.84. The van der Waals surface area contributed by atoms with Crippen molar-refractivity contribution in [2.24, 2.45) is 0 Å². The van der Waals surface area contributed by atoms with Gasteiger partial charge < -0.3 is 4.98 Å². The number of aromatic nitrogens is 1. The molecular formula is C17H24N2. The zero-order chi connectivity index (χ0) is 13.1. The van der Waals surface area contributed by atoms with E-state index in [4.69, 9.17) is 0 Å². The molecule has 0 amide bonds. The first-order valence-corrected chi connectivity index (χ1v) is 7.69. The van der Waals surface area contributed by atoms with Gasteiger partial charge in [-0.25, -0.2) is 0 Å². The molecule has 1 aliphatic heterocycles. The summed E-state index contributed by atoms with van der Waals surface area (Å²) in [7, 11) is 0. The molecule has 2 heterocycles. The molecule has 0 saturated carbocycles. The minimum absolute atomic E-state index is 0.639. The van der Waals surface area contributed by atoms with Crippen LogP contribution in [-0.2, 0) is 0 Å². The van der Waals surface area contributed by atoms with Gasteiger partial charge in [0.2, 0.25) is 0 Å². The van der Waals surface area contributed by atoms with E-state index in [1.54, 1.807) is 0 Å². The summed E-state index contributed by atoms with van der Waals surface area (Å²) in [6, 6.07) is 9.74. The summed E-state index contributed by atoms with van der Waals surface area (Å²) in [5, 5.41) is 1.35. The molecule has 1 aliphatic rings. The topological polar surface area (TPSA) is 19.0 Å². The molecule has 1 aromatic carbocycles. The molecule has 3 rings (SSSR count). The van der Waals surface area contributed by atoms with Gasteiger partial charge in [0, 0.05) is 17.8 Å². The van der Waals surface area contributed by atoms with Crippen LogP contribution in [0.1, 0.15) is 50.6 Å². The van der Waals surface area contributed by atoms with Crippen molar-refractivity contribution in [2.45, 2.75) is 45.1 Å². The van der Waals surface area contributed by atoms with Crippen molar-refractivity contribution in [1.29, 1.82) is 0 Å². The maximum atomic E-state index is 3.28. The van der Waals surface area contributed by atoms with Gasteiger partial charge in [0.1, 0.15) is 0 Å². The van der Waals surface area contributed by atoms with Crippen LogP contribution in [0.4, 0.5) is 0 Å². The third-order valence-corrected chi connectivity index (χ3v) is 4.37. The first-order valence-electron chi connectivity index (χ1n) is 7.69. The van der Waals surface area contributed by atoms with Crippen LogP contribution in [0.5, 0.6) is 0 Å². The van der Waals surface area contributed by atoms with Gasteiger partial charge >= 0.3 is 0 Å². The number of fused-ring (bicyclic) bond motifs is 1. The van der Waals surface area contributed by atoms with Crippen LogP contribution in [0.2, 0.25) is 0 Å². The molecule has 1 atom stereocenters. The van der Waals surface area contributed by atoms with E-state index in [2.05, 4.69) is 41.1 Å². The Morgan fingerprint density at radius 2 is 2.21 bits per heavy atom. The number of rotatable bonds is 4. The Hall–Kier alpha value is -1.28. The smallest absolute Gasteiger partial charge is 0.0454 e. The summed E-state index contributed by atoms with van der Waals surface area (Å²) in [5.74, 6) is 0. The Morgan fingerprint density at radius 1 is 1.26 bits per heavy atom. The average molecular weight is 256 g/mol. The molecular weight excluding hydrogens is 232 g/mol. The number of aromatic amines is 1. The largest absolute Gasteiger partial charge is 0.361 e. The highest BCUT2D eigenvalue weighted by Crippen LogP contribution is 2.32.